The largest absolute Gasteiger partial charge is 0.478 e. The molecule has 0 aliphatic rings. The second kappa shape index (κ2) is 42.3. The summed E-state index contributed by atoms with van der Waals surface area (Å²) in [7, 11) is 3.94. The van der Waals surface area contributed by atoms with Gasteiger partial charge in [-0.1, -0.05) is 213 Å². The average Bonchev–Trinajstić information content (AvgIpc) is 3.32. The minimum atomic E-state index is -0.875. The smallest absolute Gasteiger partial charge is 0.338 e. The van der Waals surface area contributed by atoms with Crippen LogP contribution in [0.25, 0.3) is 0 Å². The van der Waals surface area contributed by atoms with Gasteiger partial charge in [0.25, 0.3) is 0 Å². The Bertz CT molecular complexity index is 1720. The Hall–Kier alpha value is -3.54. The summed E-state index contributed by atoms with van der Waals surface area (Å²) >= 11 is 6.93. The van der Waals surface area contributed by atoms with E-state index in [9.17, 15) is 19.2 Å². The molecule has 9 nitrogen and oxygen atoms in total. The van der Waals surface area contributed by atoms with Crippen LogP contribution in [0.4, 0.5) is 0 Å². The molecular weight excluding hydrogens is 986 g/mol. The van der Waals surface area contributed by atoms with Gasteiger partial charge in [-0.15, -0.1) is 0 Å². The number of aryl methyl sites for hydroxylation is 3. The standard InChI is InChI=1S/C29H48BrNO4.C20H31BrO2.C8H8O2/c1-25-18-20-26(21-19-25)28(32)34-23-16-14-12-10-8-6-4-5-7-9-11-13-15-17-27(30)29(33)35-24-22-31(2)3;1-18-12-14-19(15-13-18)20(22)23-17-11-9-7-5-3-2-4-6-8-10-16-21;1-6-2-4-7(5-3-6)8(9)10/h18-21,27H,4-17,22-24H2,1-3H3;12-15H,2-11,16-17H2,1H3;2-5H,1H3,(H,9,10). The van der Waals surface area contributed by atoms with Crippen molar-refractivity contribution in [2.75, 3.05) is 45.8 Å². The van der Waals surface area contributed by atoms with E-state index in [1.165, 1.54) is 116 Å². The van der Waals surface area contributed by atoms with Gasteiger partial charge in [-0.2, -0.15) is 0 Å². The predicted octanol–water partition coefficient (Wildman–Crippen LogP) is 15.6. The van der Waals surface area contributed by atoms with Crippen molar-refractivity contribution in [3.05, 3.63) is 106 Å². The summed E-state index contributed by atoms with van der Waals surface area (Å²) in [6.07, 6.45) is 29.7. The molecule has 0 aliphatic carbocycles. The van der Waals surface area contributed by atoms with Crippen molar-refractivity contribution in [2.24, 2.45) is 0 Å². The van der Waals surface area contributed by atoms with Gasteiger partial charge >= 0.3 is 23.9 Å². The molecule has 0 bridgehead atoms. The minimum absolute atomic E-state index is 0.131. The number of unbranched alkanes of at least 4 members (excludes halogenated alkanes) is 21. The van der Waals surface area contributed by atoms with Gasteiger partial charge in [-0.3, -0.25) is 4.79 Å². The van der Waals surface area contributed by atoms with Crippen LogP contribution in [0.2, 0.25) is 0 Å². The third kappa shape index (κ3) is 35.6. The highest BCUT2D eigenvalue weighted by Gasteiger charge is 2.16. The number of hydrogen-bond acceptors (Lipinski definition) is 8. The van der Waals surface area contributed by atoms with Gasteiger partial charge in [0, 0.05) is 11.9 Å². The van der Waals surface area contributed by atoms with E-state index in [1.807, 2.05) is 88.3 Å². The van der Waals surface area contributed by atoms with Gasteiger partial charge in [0.05, 0.1) is 29.9 Å². The monoisotopic (exact) mass is 1070 g/mol. The molecule has 0 spiro atoms. The van der Waals surface area contributed by atoms with Crippen molar-refractivity contribution >= 4 is 55.7 Å². The van der Waals surface area contributed by atoms with Crippen LogP contribution in [0.5, 0.6) is 0 Å². The number of carboxylic acids is 1. The molecule has 0 radical (unpaired) electrons. The first-order chi connectivity index (χ1) is 32.8. The molecule has 0 fully saturated rings. The molecule has 3 aromatic carbocycles. The van der Waals surface area contributed by atoms with Gasteiger partial charge in [-0.05, 0) is 96.9 Å². The molecule has 3 aromatic rings. The third-order valence-corrected chi connectivity index (χ3v) is 12.9. The Morgan fingerprint density at radius 1 is 0.456 bits per heavy atom. The molecule has 0 saturated carbocycles. The molecule has 68 heavy (non-hydrogen) atoms. The zero-order valence-electron chi connectivity index (χ0n) is 42.5. The maximum atomic E-state index is 11.9. The van der Waals surface area contributed by atoms with E-state index in [0.717, 1.165) is 67.1 Å². The molecule has 1 N–H and O–H groups in total. The van der Waals surface area contributed by atoms with E-state index >= 15 is 0 Å². The van der Waals surface area contributed by atoms with Crippen LogP contribution >= 0.6 is 31.9 Å². The SMILES string of the molecule is Cc1ccc(C(=O)O)cc1.Cc1ccc(C(=O)OCCCCCCCCCCCCBr)cc1.Cc1ccc(C(=O)OCCCCCCCCCCCCCCCC(Br)C(=O)OCCN(C)C)cc1. The van der Waals surface area contributed by atoms with Gasteiger partial charge in [0.1, 0.15) is 11.4 Å². The van der Waals surface area contributed by atoms with E-state index in [-0.39, 0.29) is 22.7 Å². The Balaban J connectivity index is 0.000000593. The van der Waals surface area contributed by atoms with Crippen LogP contribution in [-0.2, 0) is 19.0 Å². The number of rotatable bonds is 35. The number of aromatic carboxylic acids is 1. The summed E-state index contributed by atoms with van der Waals surface area (Å²) in [6, 6.07) is 21.8. The Morgan fingerprint density at radius 2 is 0.765 bits per heavy atom. The van der Waals surface area contributed by atoms with Gasteiger partial charge in [-0.25, -0.2) is 14.4 Å². The lowest BCUT2D eigenvalue weighted by Crippen LogP contribution is -2.24. The molecule has 1 unspecified atom stereocenters. The Morgan fingerprint density at radius 3 is 1.09 bits per heavy atom. The topological polar surface area (TPSA) is 119 Å². The number of alkyl halides is 2. The second-order valence-corrected chi connectivity index (χ2v) is 20.1. The quantitative estimate of drug-likeness (QED) is 0.0266. The van der Waals surface area contributed by atoms with E-state index in [4.69, 9.17) is 19.3 Å². The van der Waals surface area contributed by atoms with Crippen LogP contribution < -0.4 is 0 Å². The van der Waals surface area contributed by atoms with Crippen molar-refractivity contribution in [1.29, 1.82) is 0 Å². The Kier molecular flexibility index (Phi) is 38.9. The number of likely N-dealkylation sites (N-methyl/N-ethyl adjacent to an activating group) is 1. The van der Waals surface area contributed by atoms with Crippen molar-refractivity contribution in [1.82, 2.24) is 4.90 Å². The number of nitrogens with zero attached hydrogens (tertiary/aromatic N) is 1. The predicted molar refractivity (Wildman–Crippen MR) is 288 cm³/mol. The van der Waals surface area contributed by atoms with E-state index in [1.54, 1.807) is 24.3 Å². The van der Waals surface area contributed by atoms with Gasteiger partial charge in [0.2, 0.25) is 0 Å². The van der Waals surface area contributed by atoms with Gasteiger partial charge < -0.3 is 24.2 Å². The number of esters is 3. The highest BCUT2D eigenvalue weighted by Crippen LogP contribution is 2.17. The summed E-state index contributed by atoms with van der Waals surface area (Å²) in [4.78, 5) is 47.8. The summed E-state index contributed by atoms with van der Waals surface area (Å²) in [5.74, 6) is -1.42. The van der Waals surface area contributed by atoms with E-state index in [2.05, 4.69) is 31.9 Å². The number of carbonyl (C=O) groups excluding carboxylic acids is 3. The zero-order valence-corrected chi connectivity index (χ0v) is 45.7. The fraction of sp³-hybridized carbons (Fsp3) is 0.614. The van der Waals surface area contributed by atoms with Crippen molar-refractivity contribution in [3.63, 3.8) is 0 Å². The molecule has 11 heteroatoms. The number of halogens is 2. The fourth-order valence-corrected chi connectivity index (χ4v) is 7.94. The fourth-order valence-electron chi connectivity index (χ4n) is 7.09. The lowest BCUT2D eigenvalue weighted by Gasteiger charge is -2.12. The van der Waals surface area contributed by atoms with Crippen molar-refractivity contribution < 1.29 is 38.5 Å². The molecule has 3 rings (SSSR count). The highest BCUT2D eigenvalue weighted by atomic mass is 79.9. The van der Waals surface area contributed by atoms with E-state index < -0.39 is 5.97 Å². The molecule has 0 amide bonds. The summed E-state index contributed by atoms with van der Waals surface area (Å²) < 4.78 is 15.9. The third-order valence-electron chi connectivity index (χ3n) is 11.5. The average molecular weight is 1070 g/mol. The number of ether oxygens (including phenoxy) is 3. The van der Waals surface area contributed by atoms with Crippen molar-refractivity contribution in [3.8, 4) is 0 Å². The molecule has 0 heterocycles. The first-order valence-corrected chi connectivity index (χ1v) is 27.7. The Labute approximate surface area is 428 Å². The molecule has 1 atom stereocenters. The van der Waals surface area contributed by atoms with Gasteiger partial charge in [0.15, 0.2) is 0 Å². The van der Waals surface area contributed by atoms with Crippen LogP contribution in [0.1, 0.15) is 202 Å². The van der Waals surface area contributed by atoms with Crippen LogP contribution in [0.3, 0.4) is 0 Å². The van der Waals surface area contributed by atoms with Crippen LogP contribution in [0, 0.1) is 20.8 Å². The number of carboxylic acid groups (broad SMARTS) is 1. The minimum Gasteiger partial charge on any atom is -0.478 e. The zero-order chi connectivity index (χ0) is 50.0. The summed E-state index contributed by atoms with van der Waals surface area (Å²) in [5, 5.41) is 9.62. The number of carbonyl (C=O) groups is 4. The lowest BCUT2D eigenvalue weighted by atomic mass is 10.0. The second-order valence-electron chi connectivity index (χ2n) is 18.2. The molecule has 0 aliphatic heterocycles. The lowest BCUT2D eigenvalue weighted by molar-refractivity contribution is -0.143. The summed E-state index contributed by atoms with van der Waals surface area (Å²) in [6.45, 7) is 8.22. The molecule has 0 saturated heterocycles. The maximum absolute atomic E-state index is 11.9. The first kappa shape index (κ1) is 62.5. The summed E-state index contributed by atoms with van der Waals surface area (Å²) in [5.41, 5.74) is 5.00. The first-order valence-electron chi connectivity index (χ1n) is 25.6. The number of benzene rings is 3. The molecular formula is C57H87Br2NO8. The highest BCUT2D eigenvalue weighted by molar-refractivity contribution is 9.10. The maximum Gasteiger partial charge on any atom is 0.338 e. The number of hydrogen-bond donors (Lipinski definition) is 1. The van der Waals surface area contributed by atoms with Crippen LogP contribution in [-0.4, -0.2) is 84.5 Å². The van der Waals surface area contributed by atoms with Crippen molar-refractivity contribution in [2.45, 2.75) is 180 Å². The normalized spacial score (nSPS) is 11.2. The van der Waals surface area contributed by atoms with Crippen LogP contribution in [0.15, 0.2) is 72.8 Å². The molecule has 0 aromatic heterocycles. The molecule has 382 valence electrons. The van der Waals surface area contributed by atoms with E-state index in [0.29, 0.717) is 36.5 Å².